The van der Waals surface area contributed by atoms with E-state index >= 15 is 0 Å². The molecule has 0 bridgehead atoms. The third-order valence-electron chi connectivity index (χ3n) is 4.14. The molecule has 4 aromatic rings. The van der Waals surface area contributed by atoms with Crippen LogP contribution < -0.4 is 15.8 Å². The molecular formula is C20H17N3O4S. The molecule has 2 heterocycles. The van der Waals surface area contributed by atoms with Crippen molar-refractivity contribution in [1.82, 2.24) is 9.97 Å². The van der Waals surface area contributed by atoms with Crippen LogP contribution in [-0.4, -0.2) is 22.5 Å². The number of ether oxygens (including phenoxy) is 1. The number of hydrogen-bond acceptors (Lipinski definition) is 6. The molecule has 2 aromatic carbocycles. The average molecular weight is 395 g/mol. The maximum absolute atomic E-state index is 12.1. The number of fused-ring (bicyclic) bond motifs is 1. The Labute approximate surface area is 164 Å². The average Bonchev–Trinajstić information content (AvgIpc) is 3.31. The van der Waals surface area contributed by atoms with Gasteiger partial charge < -0.3 is 9.15 Å². The molecule has 0 saturated heterocycles. The maximum atomic E-state index is 12.1. The Morgan fingerprint density at radius 2 is 2.18 bits per heavy atom. The summed E-state index contributed by atoms with van der Waals surface area (Å²) in [6.07, 6.45) is 0.907. The molecule has 28 heavy (non-hydrogen) atoms. The first-order chi connectivity index (χ1) is 13.6. The summed E-state index contributed by atoms with van der Waals surface area (Å²) in [6.45, 7) is 1.97. The van der Waals surface area contributed by atoms with Crippen LogP contribution in [0.4, 0.5) is 5.13 Å². The zero-order valence-corrected chi connectivity index (χ0v) is 15.8. The number of H-pyrrole nitrogens is 1. The molecule has 0 radical (unpaired) electrons. The molecule has 0 aliphatic rings. The van der Waals surface area contributed by atoms with Crippen LogP contribution in [0.5, 0.6) is 5.75 Å². The van der Waals surface area contributed by atoms with Crippen LogP contribution in [0.2, 0.25) is 0 Å². The van der Waals surface area contributed by atoms with E-state index in [4.69, 9.17) is 9.15 Å². The molecule has 0 saturated carbocycles. The zero-order valence-electron chi connectivity index (χ0n) is 15.0. The third-order valence-corrected chi connectivity index (χ3v) is 4.90. The van der Waals surface area contributed by atoms with Crippen molar-refractivity contribution in [1.29, 1.82) is 0 Å². The molecular weight excluding hydrogens is 378 g/mol. The second kappa shape index (κ2) is 7.69. The fourth-order valence-electron chi connectivity index (χ4n) is 2.73. The normalized spacial score (nSPS) is 10.9. The molecule has 7 nitrogen and oxygen atoms in total. The number of benzene rings is 2. The molecule has 8 heteroatoms. The summed E-state index contributed by atoms with van der Waals surface area (Å²) >= 11 is 1.32. The van der Waals surface area contributed by atoms with Gasteiger partial charge in [-0.1, -0.05) is 19.1 Å². The molecule has 0 aliphatic carbocycles. The molecule has 2 aromatic heterocycles. The number of aromatic nitrogens is 2. The highest BCUT2D eigenvalue weighted by Gasteiger charge is 2.10. The van der Waals surface area contributed by atoms with Crippen molar-refractivity contribution in [3.8, 4) is 17.0 Å². The highest BCUT2D eigenvalue weighted by Crippen LogP contribution is 2.27. The van der Waals surface area contributed by atoms with E-state index in [-0.39, 0.29) is 12.5 Å². The summed E-state index contributed by atoms with van der Waals surface area (Å²) in [5.74, 6) is -0.114. The van der Waals surface area contributed by atoms with Gasteiger partial charge in [-0.25, -0.2) is 9.78 Å². The monoisotopic (exact) mass is 395 g/mol. The van der Waals surface area contributed by atoms with E-state index in [0.717, 1.165) is 17.5 Å². The third kappa shape index (κ3) is 3.96. The van der Waals surface area contributed by atoms with E-state index in [2.05, 4.69) is 22.2 Å². The van der Waals surface area contributed by atoms with Gasteiger partial charge in [-0.05, 0) is 42.3 Å². The van der Waals surface area contributed by atoms with Gasteiger partial charge >= 0.3 is 5.76 Å². The molecule has 0 unspecified atom stereocenters. The fraction of sp³-hybridized carbons (Fsp3) is 0.150. The topological polar surface area (TPSA) is 97.2 Å². The van der Waals surface area contributed by atoms with Gasteiger partial charge in [0.05, 0.1) is 11.2 Å². The molecule has 0 spiro atoms. The predicted molar refractivity (Wildman–Crippen MR) is 108 cm³/mol. The Bertz CT molecular complexity index is 1190. The van der Waals surface area contributed by atoms with Crippen molar-refractivity contribution in [2.45, 2.75) is 13.3 Å². The van der Waals surface area contributed by atoms with Gasteiger partial charge in [0, 0.05) is 10.9 Å². The summed E-state index contributed by atoms with van der Waals surface area (Å²) in [6, 6.07) is 13.0. The Morgan fingerprint density at radius 3 is 3.04 bits per heavy atom. The number of oxazole rings is 1. The van der Waals surface area contributed by atoms with Crippen LogP contribution in [0.25, 0.3) is 22.4 Å². The van der Waals surface area contributed by atoms with Gasteiger partial charge in [0.2, 0.25) is 0 Å². The largest absolute Gasteiger partial charge is 0.484 e. The summed E-state index contributed by atoms with van der Waals surface area (Å²) in [4.78, 5) is 30.4. The highest BCUT2D eigenvalue weighted by molar-refractivity contribution is 7.14. The van der Waals surface area contributed by atoms with E-state index in [1.165, 1.54) is 11.3 Å². The quantitative estimate of drug-likeness (QED) is 0.517. The van der Waals surface area contributed by atoms with Crippen LogP contribution in [0.1, 0.15) is 12.5 Å². The number of anilines is 1. The summed E-state index contributed by atoms with van der Waals surface area (Å²) < 4.78 is 10.5. The van der Waals surface area contributed by atoms with Gasteiger partial charge in [0.1, 0.15) is 5.75 Å². The Balaban J connectivity index is 1.40. The second-order valence-corrected chi connectivity index (χ2v) is 6.96. The number of nitrogens with zero attached hydrogens (tertiary/aromatic N) is 1. The van der Waals surface area contributed by atoms with Crippen LogP contribution in [0.15, 0.2) is 57.1 Å². The second-order valence-electron chi connectivity index (χ2n) is 6.10. The van der Waals surface area contributed by atoms with E-state index in [9.17, 15) is 9.59 Å². The van der Waals surface area contributed by atoms with Crippen molar-refractivity contribution >= 4 is 33.5 Å². The molecule has 0 atom stereocenters. The van der Waals surface area contributed by atoms with E-state index in [1.807, 2.05) is 35.7 Å². The standard InChI is InChI=1S/C20H17N3O4S/c1-2-12-4-3-5-14(8-12)26-10-18(24)23-19-21-16(11-28-19)13-6-7-17-15(9-13)22-20(25)27-17/h3-9,11H,2,10H2,1H3,(H,22,25)(H,21,23,24). The summed E-state index contributed by atoms with van der Waals surface area (Å²) in [7, 11) is 0. The van der Waals surface area contributed by atoms with Gasteiger partial charge in [-0.15, -0.1) is 11.3 Å². The zero-order chi connectivity index (χ0) is 19.5. The summed E-state index contributed by atoms with van der Waals surface area (Å²) in [5, 5.41) is 5.05. The fourth-order valence-corrected chi connectivity index (χ4v) is 3.47. The minimum absolute atomic E-state index is 0.0930. The number of thiazole rings is 1. The smallest absolute Gasteiger partial charge is 0.417 e. The number of amides is 1. The van der Waals surface area contributed by atoms with Crippen LogP contribution in [-0.2, 0) is 11.2 Å². The van der Waals surface area contributed by atoms with Crippen molar-refractivity contribution in [2.24, 2.45) is 0 Å². The Hall–Kier alpha value is -3.39. The number of hydrogen-bond donors (Lipinski definition) is 2. The molecule has 1 amide bonds. The number of carbonyl (C=O) groups is 1. The molecule has 2 N–H and O–H groups in total. The molecule has 0 aliphatic heterocycles. The summed E-state index contributed by atoms with van der Waals surface area (Å²) in [5.41, 5.74) is 3.75. The van der Waals surface area contributed by atoms with Crippen molar-refractivity contribution < 1.29 is 13.9 Å². The number of nitrogens with one attached hydrogen (secondary N) is 2. The minimum atomic E-state index is -0.497. The lowest BCUT2D eigenvalue weighted by atomic mass is 10.1. The number of carbonyl (C=O) groups excluding carboxylic acids is 1. The molecule has 4 rings (SSSR count). The lowest BCUT2D eigenvalue weighted by Crippen LogP contribution is -2.20. The first-order valence-electron chi connectivity index (χ1n) is 8.71. The van der Waals surface area contributed by atoms with Gasteiger partial charge in [0.25, 0.3) is 5.91 Å². The van der Waals surface area contributed by atoms with Gasteiger partial charge in [-0.2, -0.15) is 0 Å². The lowest BCUT2D eigenvalue weighted by Gasteiger charge is -2.07. The maximum Gasteiger partial charge on any atom is 0.417 e. The molecule has 142 valence electrons. The van der Waals surface area contributed by atoms with Crippen molar-refractivity contribution in [2.75, 3.05) is 11.9 Å². The Morgan fingerprint density at radius 1 is 1.29 bits per heavy atom. The van der Waals surface area contributed by atoms with E-state index in [1.54, 1.807) is 12.1 Å². The van der Waals surface area contributed by atoms with E-state index < -0.39 is 5.76 Å². The Kier molecular flexibility index (Phi) is 4.94. The first kappa shape index (κ1) is 18.0. The number of aromatic amines is 1. The van der Waals surface area contributed by atoms with Crippen LogP contribution in [0.3, 0.4) is 0 Å². The SMILES string of the molecule is CCc1cccc(OCC(=O)Nc2nc(-c3ccc4oc(=O)[nH]c4c3)cs2)c1. The van der Waals surface area contributed by atoms with Crippen LogP contribution >= 0.6 is 11.3 Å². The lowest BCUT2D eigenvalue weighted by molar-refractivity contribution is -0.118. The van der Waals surface area contributed by atoms with E-state index in [0.29, 0.717) is 27.7 Å². The van der Waals surface area contributed by atoms with Crippen molar-refractivity contribution in [3.05, 3.63) is 64.0 Å². The molecule has 0 fully saturated rings. The predicted octanol–water partition coefficient (Wildman–Crippen LogP) is 3.82. The van der Waals surface area contributed by atoms with Crippen molar-refractivity contribution in [3.63, 3.8) is 0 Å². The minimum Gasteiger partial charge on any atom is -0.484 e. The van der Waals surface area contributed by atoms with Gasteiger partial charge in [0.15, 0.2) is 17.3 Å². The van der Waals surface area contributed by atoms with Crippen LogP contribution in [0, 0.1) is 0 Å². The highest BCUT2D eigenvalue weighted by atomic mass is 32.1. The first-order valence-corrected chi connectivity index (χ1v) is 9.59. The number of rotatable bonds is 6. The number of aryl methyl sites for hydroxylation is 1. The van der Waals surface area contributed by atoms with Gasteiger partial charge in [-0.3, -0.25) is 15.1 Å².